The highest BCUT2D eigenvalue weighted by Gasteiger charge is 2.26. The van der Waals surface area contributed by atoms with E-state index < -0.39 is 0 Å². The molecule has 0 spiro atoms. The molecule has 1 amide bonds. The average Bonchev–Trinajstić information content (AvgIpc) is 3.29. The van der Waals surface area contributed by atoms with Crippen LogP contribution in [0.5, 0.6) is 5.75 Å². The van der Waals surface area contributed by atoms with Crippen molar-refractivity contribution in [3.05, 3.63) is 83.3 Å². The van der Waals surface area contributed by atoms with Gasteiger partial charge in [0.25, 0.3) is 11.9 Å². The van der Waals surface area contributed by atoms with Gasteiger partial charge in [-0.05, 0) is 50.6 Å². The summed E-state index contributed by atoms with van der Waals surface area (Å²) < 4.78 is 7.11. The molecular formula is C28H30N6O2. The minimum atomic E-state index is -0.0140. The van der Waals surface area contributed by atoms with Crippen molar-refractivity contribution in [2.45, 2.75) is 20.8 Å². The van der Waals surface area contributed by atoms with Crippen molar-refractivity contribution < 1.29 is 9.53 Å². The number of anilines is 1. The van der Waals surface area contributed by atoms with E-state index >= 15 is 0 Å². The molecular weight excluding hydrogens is 452 g/mol. The van der Waals surface area contributed by atoms with Crippen LogP contribution in [0.4, 0.5) is 5.69 Å². The lowest BCUT2D eigenvalue weighted by atomic mass is 10.1. The van der Waals surface area contributed by atoms with Crippen LogP contribution >= 0.6 is 0 Å². The minimum absolute atomic E-state index is 0.0140. The highest BCUT2D eigenvalue weighted by molar-refractivity contribution is 5.95. The molecule has 8 heteroatoms. The Labute approximate surface area is 211 Å². The summed E-state index contributed by atoms with van der Waals surface area (Å²) in [4.78, 5) is 26.8. The van der Waals surface area contributed by atoms with Gasteiger partial charge in [0.1, 0.15) is 5.75 Å². The monoisotopic (exact) mass is 482 g/mol. The van der Waals surface area contributed by atoms with Crippen LogP contribution in [0.25, 0.3) is 17.2 Å². The zero-order chi connectivity index (χ0) is 25.2. The van der Waals surface area contributed by atoms with Gasteiger partial charge in [0.2, 0.25) is 0 Å². The molecule has 0 unspecified atom stereocenters. The molecule has 0 atom stereocenters. The van der Waals surface area contributed by atoms with Crippen LogP contribution in [-0.4, -0.2) is 63.8 Å². The van der Waals surface area contributed by atoms with Crippen molar-refractivity contribution in [2.75, 3.05) is 38.2 Å². The van der Waals surface area contributed by atoms with E-state index in [4.69, 9.17) is 9.72 Å². The molecule has 2 aromatic carbocycles. The van der Waals surface area contributed by atoms with Gasteiger partial charge in [0.05, 0.1) is 30.3 Å². The minimum Gasteiger partial charge on any atom is -0.496 e. The predicted octanol–water partition coefficient (Wildman–Crippen LogP) is 4.23. The summed E-state index contributed by atoms with van der Waals surface area (Å²) in [6, 6.07) is 16.1. The third-order valence-corrected chi connectivity index (χ3v) is 6.72. The largest absolute Gasteiger partial charge is 0.496 e. The van der Waals surface area contributed by atoms with Crippen LogP contribution in [0.15, 0.2) is 60.9 Å². The van der Waals surface area contributed by atoms with Gasteiger partial charge in [-0.25, -0.2) is 14.6 Å². The zero-order valence-corrected chi connectivity index (χ0v) is 21.1. The molecule has 1 aliphatic heterocycles. The number of hydrogen-bond donors (Lipinski definition) is 0. The summed E-state index contributed by atoms with van der Waals surface area (Å²) >= 11 is 0. The molecule has 1 saturated heterocycles. The van der Waals surface area contributed by atoms with Gasteiger partial charge < -0.3 is 14.5 Å². The maximum absolute atomic E-state index is 13.4. The second kappa shape index (κ2) is 9.81. The van der Waals surface area contributed by atoms with Crippen molar-refractivity contribution >= 4 is 11.6 Å². The molecule has 2 aromatic heterocycles. The smallest absolute Gasteiger partial charge is 0.257 e. The number of rotatable bonds is 5. The van der Waals surface area contributed by atoms with Gasteiger partial charge in [-0.2, -0.15) is 5.10 Å². The van der Waals surface area contributed by atoms with E-state index in [1.54, 1.807) is 24.2 Å². The standard InChI is InChI=1S/C28H30N6O2/c1-19-9-10-25(20(2)17-19)32-13-15-33(16-14-32)27(35)23-18-30-34(21(23)3)28-29-12-11-24(31-28)22-7-5-6-8-26(22)36-4/h5-12,17-18H,13-16H2,1-4H3. The summed E-state index contributed by atoms with van der Waals surface area (Å²) in [6.07, 6.45) is 3.31. The van der Waals surface area contributed by atoms with Crippen molar-refractivity contribution in [2.24, 2.45) is 0 Å². The summed E-state index contributed by atoms with van der Waals surface area (Å²) in [7, 11) is 1.64. The number of carbonyl (C=O) groups is 1. The Bertz CT molecular complexity index is 1400. The predicted molar refractivity (Wildman–Crippen MR) is 140 cm³/mol. The molecule has 5 rings (SSSR count). The van der Waals surface area contributed by atoms with Crippen molar-refractivity contribution in [3.8, 4) is 23.0 Å². The molecule has 0 radical (unpaired) electrons. The van der Waals surface area contributed by atoms with E-state index in [0.717, 1.165) is 30.1 Å². The molecule has 0 saturated carbocycles. The fourth-order valence-corrected chi connectivity index (χ4v) is 4.76. The van der Waals surface area contributed by atoms with E-state index in [0.29, 0.717) is 30.3 Å². The number of amides is 1. The molecule has 1 fully saturated rings. The second-order valence-electron chi connectivity index (χ2n) is 9.07. The summed E-state index contributed by atoms with van der Waals surface area (Å²) in [5.74, 6) is 1.13. The Morgan fingerprint density at radius 2 is 1.75 bits per heavy atom. The van der Waals surface area contributed by atoms with E-state index in [2.05, 4.69) is 47.0 Å². The number of aromatic nitrogens is 4. The lowest BCUT2D eigenvalue weighted by Crippen LogP contribution is -2.49. The van der Waals surface area contributed by atoms with Gasteiger partial charge in [0, 0.05) is 43.6 Å². The Morgan fingerprint density at radius 3 is 2.50 bits per heavy atom. The van der Waals surface area contributed by atoms with Crippen LogP contribution in [-0.2, 0) is 0 Å². The third kappa shape index (κ3) is 4.42. The quantitative estimate of drug-likeness (QED) is 0.424. The highest BCUT2D eigenvalue weighted by Crippen LogP contribution is 2.28. The van der Waals surface area contributed by atoms with Gasteiger partial charge >= 0.3 is 0 Å². The Balaban J connectivity index is 1.33. The molecule has 0 bridgehead atoms. The number of para-hydroxylation sites is 1. The van der Waals surface area contributed by atoms with Crippen LogP contribution in [0, 0.1) is 20.8 Å². The maximum Gasteiger partial charge on any atom is 0.257 e. The van der Waals surface area contributed by atoms with Gasteiger partial charge in [-0.3, -0.25) is 4.79 Å². The average molecular weight is 483 g/mol. The number of carbonyl (C=O) groups excluding carboxylic acids is 1. The van der Waals surface area contributed by atoms with Gasteiger partial charge in [-0.15, -0.1) is 0 Å². The fourth-order valence-electron chi connectivity index (χ4n) is 4.76. The van der Waals surface area contributed by atoms with E-state index in [9.17, 15) is 4.79 Å². The number of methoxy groups -OCH3 is 1. The Morgan fingerprint density at radius 1 is 0.972 bits per heavy atom. The zero-order valence-electron chi connectivity index (χ0n) is 21.1. The first-order valence-corrected chi connectivity index (χ1v) is 12.1. The number of ether oxygens (including phenoxy) is 1. The normalized spacial score (nSPS) is 13.7. The van der Waals surface area contributed by atoms with Crippen LogP contribution in [0.2, 0.25) is 0 Å². The van der Waals surface area contributed by atoms with E-state index in [1.807, 2.05) is 42.2 Å². The molecule has 36 heavy (non-hydrogen) atoms. The fraction of sp³-hybridized carbons (Fsp3) is 0.286. The molecule has 0 N–H and O–H groups in total. The summed E-state index contributed by atoms with van der Waals surface area (Å²) in [5, 5.41) is 4.46. The number of piperazine rings is 1. The van der Waals surface area contributed by atoms with E-state index in [1.165, 1.54) is 16.8 Å². The topological polar surface area (TPSA) is 76.4 Å². The summed E-state index contributed by atoms with van der Waals surface area (Å²) in [6.45, 7) is 9.05. The summed E-state index contributed by atoms with van der Waals surface area (Å²) in [5.41, 5.74) is 6.64. The van der Waals surface area contributed by atoms with E-state index in [-0.39, 0.29) is 5.91 Å². The number of nitrogens with zero attached hydrogens (tertiary/aromatic N) is 6. The molecule has 8 nitrogen and oxygen atoms in total. The number of benzene rings is 2. The van der Waals surface area contributed by atoms with Crippen LogP contribution < -0.4 is 9.64 Å². The molecule has 4 aromatic rings. The molecule has 0 aliphatic carbocycles. The number of hydrogen-bond acceptors (Lipinski definition) is 6. The first-order chi connectivity index (χ1) is 17.5. The van der Waals surface area contributed by atoms with Gasteiger partial charge in [0.15, 0.2) is 0 Å². The first-order valence-electron chi connectivity index (χ1n) is 12.1. The first kappa shape index (κ1) is 23.5. The van der Waals surface area contributed by atoms with Crippen LogP contribution in [0.3, 0.4) is 0 Å². The van der Waals surface area contributed by atoms with Crippen molar-refractivity contribution in [3.63, 3.8) is 0 Å². The van der Waals surface area contributed by atoms with Crippen molar-refractivity contribution in [1.82, 2.24) is 24.6 Å². The highest BCUT2D eigenvalue weighted by atomic mass is 16.5. The Hall–Kier alpha value is -4.20. The second-order valence-corrected chi connectivity index (χ2v) is 9.07. The van der Waals surface area contributed by atoms with Crippen molar-refractivity contribution in [1.29, 1.82) is 0 Å². The van der Waals surface area contributed by atoms with Crippen LogP contribution in [0.1, 0.15) is 27.2 Å². The maximum atomic E-state index is 13.4. The Kier molecular flexibility index (Phi) is 6.41. The lowest BCUT2D eigenvalue weighted by molar-refractivity contribution is 0.0746. The number of aryl methyl sites for hydroxylation is 2. The molecule has 184 valence electrons. The molecule has 3 heterocycles. The van der Waals surface area contributed by atoms with Gasteiger partial charge in [-0.1, -0.05) is 29.8 Å². The SMILES string of the molecule is COc1ccccc1-c1ccnc(-n2ncc(C(=O)N3CCN(c4ccc(C)cc4C)CC3)c2C)n1. The molecule has 1 aliphatic rings. The lowest BCUT2D eigenvalue weighted by Gasteiger charge is -2.36. The third-order valence-electron chi connectivity index (χ3n) is 6.72.